The molecule has 5 heteroatoms. The van der Waals surface area contributed by atoms with Gasteiger partial charge in [0.2, 0.25) is 0 Å². The van der Waals surface area contributed by atoms with Crippen molar-refractivity contribution >= 4 is 16.5 Å². The minimum atomic E-state index is 0.434. The molecule has 0 radical (unpaired) electrons. The van der Waals surface area contributed by atoms with Gasteiger partial charge in [-0.15, -0.1) is 11.3 Å². The molecule has 4 nitrogen and oxygen atoms in total. The SMILES string of the molecule is CCNCc1sc(N2CCC(OC)CC2)nc1C. The lowest BCUT2D eigenvalue weighted by Gasteiger charge is -2.30. The molecule has 1 N–H and O–H groups in total. The van der Waals surface area contributed by atoms with Gasteiger partial charge in [-0.2, -0.15) is 0 Å². The van der Waals surface area contributed by atoms with Crippen LogP contribution in [-0.2, 0) is 11.3 Å². The van der Waals surface area contributed by atoms with Crippen molar-refractivity contribution in [3.05, 3.63) is 10.6 Å². The number of nitrogens with zero attached hydrogens (tertiary/aromatic N) is 2. The van der Waals surface area contributed by atoms with Gasteiger partial charge in [0.05, 0.1) is 11.8 Å². The van der Waals surface area contributed by atoms with E-state index in [9.17, 15) is 0 Å². The third-order valence-corrected chi connectivity index (χ3v) is 4.68. The first-order valence-electron chi connectivity index (χ1n) is 6.69. The van der Waals surface area contributed by atoms with Gasteiger partial charge in [0.25, 0.3) is 0 Å². The minimum Gasteiger partial charge on any atom is -0.381 e. The van der Waals surface area contributed by atoms with Gasteiger partial charge < -0.3 is 15.0 Å². The summed E-state index contributed by atoms with van der Waals surface area (Å²) in [4.78, 5) is 8.45. The van der Waals surface area contributed by atoms with Gasteiger partial charge in [-0.25, -0.2) is 4.98 Å². The third kappa shape index (κ3) is 3.22. The molecule has 1 aliphatic heterocycles. The van der Waals surface area contributed by atoms with Gasteiger partial charge in [-0.05, 0) is 26.3 Å². The lowest BCUT2D eigenvalue weighted by atomic mass is 10.1. The Labute approximate surface area is 113 Å². The second kappa shape index (κ2) is 6.50. The predicted octanol–water partition coefficient (Wildman–Crippen LogP) is 2.18. The summed E-state index contributed by atoms with van der Waals surface area (Å²) in [6.07, 6.45) is 2.65. The molecular formula is C13H23N3OS. The molecule has 1 saturated heterocycles. The van der Waals surface area contributed by atoms with E-state index in [-0.39, 0.29) is 0 Å². The summed E-state index contributed by atoms with van der Waals surface area (Å²) in [6, 6.07) is 0. The molecule has 2 rings (SSSR count). The fourth-order valence-corrected chi connectivity index (χ4v) is 3.32. The summed E-state index contributed by atoms with van der Waals surface area (Å²) in [7, 11) is 1.81. The van der Waals surface area contributed by atoms with Crippen LogP contribution in [0.1, 0.15) is 30.3 Å². The Morgan fingerprint density at radius 2 is 2.17 bits per heavy atom. The van der Waals surface area contributed by atoms with Crippen molar-refractivity contribution in [1.29, 1.82) is 0 Å². The molecule has 0 aromatic carbocycles. The summed E-state index contributed by atoms with van der Waals surface area (Å²) in [6.45, 7) is 8.31. The molecule has 1 aliphatic rings. The molecule has 0 spiro atoms. The summed E-state index contributed by atoms with van der Waals surface area (Å²) >= 11 is 1.83. The number of methoxy groups -OCH3 is 1. The molecule has 0 unspecified atom stereocenters. The minimum absolute atomic E-state index is 0.434. The molecule has 2 heterocycles. The van der Waals surface area contributed by atoms with Gasteiger partial charge in [0.1, 0.15) is 0 Å². The van der Waals surface area contributed by atoms with Crippen LogP contribution in [-0.4, -0.2) is 37.8 Å². The van der Waals surface area contributed by atoms with E-state index < -0.39 is 0 Å². The molecule has 1 aromatic rings. The Hall–Kier alpha value is -0.650. The summed E-state index contributed by atoms with van der Waals surface area (Å²) in [5.74, 6) is 0. The monoisotopic (exact) mass is 269 g/mol. The highest BCUT2D eigenvalue weighted by atomic mass is 32.1. The van der Waals surface area contributed by atoms with Crippen LogP contribution in [0.25, 0.3) is 0 Å². The number of ether oxygens (including phenoxy) is 1. The quantitative estimate of drug-likeness (QED) is 0.889. The predicted molar refractivity (Wildman–Crippen MR) is 76.5 cm³/mol. The fourth-order valence-electron chi connectivity index (χ4n) is 2.23. The Bertz CT molecular complexity index is 372. The number of aromatic nitrogens is 1. The standard InChI is InChI=1S/C13H23N3OS/c1-4-14-9-12-10(2)15-13(18-12)16-7-5-11(17-3)6-8-16/h11,14H,4-9H2,1-3H3. The van der Waals surface area contributed by atoms with E-state index in [1.54, 1.807) is 0 Å². The van der Waals surface area contributed by atoms with Crippen LogP contribution in [0.2, 0.25) is 0 Å². The second-order valence-electron chi connectivity index (χ2n) is 4.71. The Balaban J connectivity index is 1.97. The van der Waals surface area contributed by atoms with Crippen molar-refractivity contribution in [2.45, 2.75) is 39.3 Å². The zero-order chi connectivity index (χ0) is 13.0. The van der Waals surface area contributed by atoms with E-state index in [1.807, 2.05) is 18.4 Å². The van der Waals surface area contributed by atoms with E-state index in [1.165, 1.54) is 15.7 Å². The summed E-state index contributed by atoms with van der Waals surface area (Å²) < 4.78 is 5.40. The van der Waals surface area contributed by atoms with Gasteiger partial charge in [-0.3, -0.25) is 0 Å². The van der Waals surface area contributed by atoms with Crippen molar-refractivity contribution in [2.24, 2.45) is 0 Å². The van der Waals surface area contributed by atoms with Crippen LogP contribution >= 0.6 is 11.3 Å². The van der Waals surface area contributed by atoms with Crippen LogP contribution < -0.4 is 10.2 Å². The first kappa shape index (κ1) is 13.8. The van der Waals surface area contributed by atoms with Crippen LogP contribution in [0, 0.1) is 6.92 Å². The highest BCUT2D eigenvalue weighted by molar-refractivity contribution is 7.15. The van der Waals surface area contributed by atoms with E-state index in [4.69, 9.17) is 9.72 Å². The first-order valence-corrected chi connectivity index (χ1v) is 7.51. The number of nitrogens with one attached hydrogen (secondary N) is 1. The molecule has 18 heavy (non-hydrogen) atoms. The van der Waals surface area contributed by atoms with Gasteiger partial charge in [0, 0.05) is 31.6 Å². The Morgan fingerprint density at radius 1 is 1.44 bits per heavy atom. The molecule has 1 fully saturated rings. The second-order valence-corrected chi connectivity index (χ2v) is 5.77. The molecule has 0 aliphatic carbocycles. The van der Waals surface area contributed by atoms with Crippen molar-refractivity contribution in [3.63, 3.8) is 0 Å². The number of thiazole rings is 1. The van der Waals surface area contributed by atoms with Gasteiger partial charge in [0.15, 0.2) is 5.13 Å². The molecular weight excluding hydrogens is 246 g/mol. The lowest BCUT2D eigenvalue weighted by molar-refractivity contribution is 0.0819. The average molecular weight is 269 g/mol. The summed E-state index contributed by atoms with van der Waals surface area (Å²) in [5, 5.41) is 4.55. The van der Waals surface area contributed by atoms with E-state index >= 15 is 0 Å². The average Bonchev–Trinajstić information content (AvgIpc) is 2.78. The molecule has 0 atom stereocenters. The van der Waals surface area contributed by atoms with Crippen molar-refractivity contribution in [3.8, 4) is 0 Å². The zero-order valence-electron chi connectivity index (χ0n) is 11.5. The topological polar surface area (TPSA) is 37.4 Å². The van der Waals surface area contributed by atoms with Crippen molar-refractivity contribution < 1.29 is 4.74 Å². The van der Waals surface area contributed by atoms with E-state index in [2.05, 4.69) is 24.1 Å². The van der Waals surface area contributed by atoms with Crippen LogP contribution in [0.3, 0.4) is 0 Å². The Morgan fingerprint density at radius 3 is 2.78 bits per heavy atom. The number of aryl methyl sites for hydroxylation is 1. The fraction of sp³-hybridized carbons (Fsp3) is 0.769. The maximum atomic E-state index is 5.40. The molecule has 0 saturated carbocycles. The van der Waals surface area contributed by atoms with E-state index in [0.29, 0.717) is 6.10 Å². The highest BCUT2D eigenvalue weighted by Crippen LogP contribution is 2.28. The van der Waals surface area contributed by atoms with Crippen LogP contribution in [0.5, 0.6) is 0 Å². The molecule has 102 valence electrons. The van der Waals surface area contributed by atoms with Gasteiger partial charge >= 0.3 is 0 Å². The third-order valence-electron chi connectivity index (χ3n) is 3.46. The van der Waals surface area contributed by atoms with Crippen molar-refractivity contribution in [2.75, 3.05) is 31.6 Å². The maximum Gasteiger partial charge on any atom is 0.185 e. The molecule has 1 aromatic heterocycles. The highest BCUT2D eigenvalue weighted by Gasteiger charge is 2.21. The Kier molecular flexibility index (Phi) is 4.97. The normalized spacial score (nSPS) is 17.4. The zero-order valence-corrected chi connectivity index (χ0v) is 12.3. The number of rotatable bonds is 5. The van der Waals surface area contributed by atoms with Crippen molar-refractivity contribution in [1.82, 2.24) is 10.3 Å². The smallest absolute Gasteiger partial charge is 0.185 e. The maximum absolute atomic E-state index is 5.40. The number of anilines is 1. The van der Waals surface area contributed by atoms with Crippen LogP contribution in [0.4, 0.5) is 5.13 Å². The lowest BCUT2D eigenvalue weighted by Crippen LogP contribution is -2.36. The van der Waals surface area contributed by atoms with E-state index in [0.717, 1.165) is 39.0 Å². The number of piperidine rings is 1. The summed E-state index contributed by atoms with van der Waals surface area (Å²) in [5.41, 5.74) is 1.17. The number of hydrogen-bond donors (Lipinski definition) is 1. The first-order chi connectivity index (χ1) is 8.74. The van der Waals surface area contributed by atoms with Gasteiger partial charge in [-0.1, -0.05) is 6.92 Å². The molecule has 0 amide bonds. The van der Waals surface area contributed by atoms with Crippen LogP contribution in [0.15, 0.2) is 0 Å². The number of hydrogen-bond acceptors (Lipinski definition) is 5. The largest absolute Gasteiger partial charge is 0.381 e. The molecule has 0 bridgehead atoms.